The molecule has 1 aromatic carbocycles. The van der Waals surface area contributed by atoms with Gasteiger partial charge in [0.05, 0.1) is 5.69 Å². The highest BCUT2D eigenvalue weighted by Gasteiger charge is 2.14. The maximum atomic E-state index is 12.1. The summed E-state index contributed by atoms with van der Waals surface area (Å²) < 4.78 is 0. The van der Waals surface area contributed by atoms with Gasteiger partial charge in [-0.3, -0.25) is 10.1 Å². The van der Waals surface area contributed by atoms with Gasteiger partial charge in [-0.15, -0.1) is 11.3 Å². The molecule has 2 heterocycles. The molecule has 5 heteroatoms. The fraction of sp³-hybridized carbons (Fsp3) is 0.231. The number of anilines is 2. The summed E-state index contributed by atoms with van der Waals surface area (Å²) in [4.78, 5) is 16.3. The van der Waals surface area contributed by atoms with E-state index in [1.165, 1.54) is 16.9 Å². The standard InChI is InChI=1S/C13H13N3OS/c1-8-7-18-13(15-8)16-12(17)10-2-3-11-9(6-10)4-5-14-11/h2-3,6-7,14H,4-5H2,1H3,(H,15,16,17). The Labute approximate surface area is 109 Å². The van der Waals surface area contributed by atoms with E-state index in [1.54, 1.807) is 0 Å². The molecule has 0 saturated carbocycles. The third kappa shape index (κ3) is 2.09. The molecule has 0 atom stereocenters. The Kier molecular flexibility index (Phi) is 2.76. The zero-order valence-electron chi connectivity index (χ0n) is 9.99. The van der Waals surface area contributed by atoms with Gasteiger partial charge in [-0.25, -0.2) is 4.98 Å². The summed E-state index contributed by atoms with van der Waals surface area (Å²) in [6.45, 7) is 2.86. The van der Waals surface area contributed by atoms with E-state index in [1.807, 2.05) is 30.5 Å². The highest BCUT2D eigenvalue weighted by Crippen LogP contribution is 2.23. The van der Waals surface area contributed by atoms with Crippen LogP contribution in [0.5, 0.6) is 0 Å². The maximum absolute atomic E-state index is 12.1. The van der Waals surface area contributed by atoms with Gasteiger partial charge >= 0.3 is 0 Å². The fourth-order valence-electron chi connectivity index (χ4n) is 2.03. The zero-order chi connectivity index (χ0) is 12.5. The normalized spacial score (nSPS) is 12.9. The van der Waals surface area contributed by atoms with Gasteiger partial charge in [-0.2, -0.15) is 0 Å². The summed E-state index contributed by atoms with van der Waals surface area (Å²) in [6.07, 6.45) is 0.979. The molecule has 4 nitrogen and oxygen atoms in total. The second kappa shape index (κ2) is 4.42. The average Bonchev–Trinajstić information content (AvgIpc) is 2.96. The van der Waals surface area contributed by atoms with Crippen LogP contribution in [0, 0.1) is 6.92 Å². The number of hydrogen-bond acceptors (Lipinski definition) is 4. The lowest BCUT2D eigenvalue weighted by atomic mass is 10.1. The Balaban J connectivity index is 1.80. The second-order valence-electron chi connectivity index (χ2n) is 4.30. The van der Waals surface area contributed by atoms with E-state index in [9.17, 15) is 4.79 Å². The predicted molar refractivity (Wildman–Crippen MR) is 73.4 cm³/mol. The number of aromatic nitrogens is 1. The van der Waals surface area contributed by atoms with E-state index in [0.29, 0.717) is 10.7 Å². The molecule has 1 aliphatic rings. The number of rotatable bonds is 2. The van der Waals surface area contributed by atoms with Crippen molar-refractivity contribution in [2.75, 3.05) is 17.2 Å². The van der Waals surface area contributed by atoms with Gasteiger partial charge in [0, 0.05) is 23.2 Å². The van der Waals surface area contributed by atoms with Crippen LogP contribution in [0.1, 0.15) is 21.6 Å². The molecule has 0 spiro atoms. The Hall–Kier alpha value is -1.88. The number of nitrogens with one attached hydrogen (secondary N) is 2. The molecule has 0 fully saturated rings. The predicted octanol–water partition coefficient (Wildman–Crippen LogP) is 2.67. The first-order valence-corrected chi connectivity index (χ1v) is 6.70. The van der Waals surface area contributed by atoms with Crippen molar-refractivity contribution >= 4 is 28.1 Å². The van der Waals surface area contributed by atoms with Crippen molar-refractivity contribution < 1.29 is 4.79 Å². The summed E-state index contributed by atoms with van der Waals surface area (Å²) >= 11 is 1.44. The molecule has 2 N–H and O–H groups in total. The van der Waals surface area contributed by atoms with Crippen molar-refractivity contribution in [1.82, 2.24) is 4.98 Å². The fourth-order valence-corrected chi connectivity index (χ4v) is 2.71. The maximum Gasteiger partial charge on any atom is 0.257 e. The molecule has 1 aromatic heterocycles. The van der Waals surface area contributed by atoms with Gasteiger partial charge in [0.15, 0.2) is 5.13 Å². The number of benzene rings is 1. The monoisotopic (exact) mass is 259 g/mol. The van der Waals surface area contributed by atoms with Crippen LogP contribution in [0.25, 0.3) is 0 Å². The van der Waals surface area contributed by atoms with E-state index < -0.39 is 0 Å². The van der Waals surface area contributed by atoms with E-state index in [4.69, 9.17) is 0 Å². The Morgan fingerprint density at radius 2 is 2.39 bits per heavy atom. The number of hydrogen-bond donors (Lipinski definition) is 2. The molecule has 1 aliphatic heterocycles. The van der Waals surface area contributed by atoms with Gasteiger partial charge in [0.1, 0.15) is 0 Å². The van der Waals surface area contributed by atoms with E-state index >= 15 is 0 Å². The highest BCUT2D eigenvalue weighted by atomic mass is 32.1. The van der Waals surface area contributed by atoms with Crippen LogP contribution in [-0.2, 0) is 6.42 Å². The minimum absolute atomic E-state index is 0.0981. The number of nitrogens with zero attached hydrogens (tertiary/aromatic N) is 1. The lowest BCUT2D eigenvalue weighted by Gasteiger charge is -2.04. The Morgan fingerprint density at radius 3 is 3.17 bits per heavy atom. The molecule has 92 valence electrons. The quantitative estimate of drug-likeness (QED) is 0.871. The van der Waals surface area contributed by atoms with Crippen molar-refractivity contribution in [3.8, 4) is 0 Å². The molecule has 0 unspecified atom stereocenters. The van der Waals surface area contributed by atoms with Crippen LogP contribution >= 0.6 is 11.3 Å². The van der Waals surface area contributed by atoms with Crippen LogP contribution < -0.4 is 10.6 Å². The average molecular weight is 259 g/mol. The number of fused-ring (bicyclic) bond motifs is 1. The van der Waals surface area contributed by atoms with Crippen molar-refractivity contribution in [2.24, 2.45) is 0 Å². The number of carbonyl (C=O) groups excluding carboxylic acids is 1. The van der Waals surface area contributed by atoms with Crippen LogP contribution in [0.3, 0.4) is 0 Å². The smallest absolute Gasteiger partial charge is 0.257 e. The number of aryl methyl sites for hydroxylation is 1. The van der Waals surface area contributed by atoms with Crippen molar-refractivity contribution in [3.63, 3.8) is 0 Å². The van der Waals surface area contributed by atoms with Crippen molar-refractivity contribution in [2.45, 2.75) is 13.3 Å². The first-order valence-electron chi connectivity index (χ1n) is 5.82. The van der Waals surface area contributed by atoms with Crippen LogP contribution in [0.4, 0.5) is 10.8 Å². The molecule has 1 amide bonds. The topological polar surface area (TPSA) is 54.0 Å². The number of thiazole rings is 1. The Morgan fingerprint density at radius 1 is 1.50 bits per heavy atom. The Bertz CT molecular complexity index is 606. The molecule has 0 aliphatic carbocycles. The molecule has 3 rings (SSSR count). The second-order valence-corrected chi connectivity index (χ2v) is 5.15. The zero-order valence-corrected chi connectivity index (χ0v) is 10.8. The lowest BCUT2D eigenvalue weighted by molar-refractivity contribution is 0.102. The SMILES string of the molecule is Cc1csc(NC(=O)c2ccc3c(c2)CCN3)n1. The summed E-state index contributed by atoms with van der Waals surface area (Å²) in [6, 6.07) is 5.75. The van der Waals surface area contributed by atoms with E-state index in [2.05, 4.69) is 15.6 Å². The molecular weight excluding hydrogens is 246 g/mol. The van der Waals surface area contributed by atoms with Crippen molar-refractivity contribution in [1.29, 1.82) is 0 Å². The summed E-state index contributed by atoms with van der Waals surface area (Å²) in [5.74, 6) is -0.0981. The summed E-state index contributed by atoms with van der Waals surface area (Å²) in [5, 5.41) is 8.66. The molecule has 2 aromatic rings. The first kappa shape index (κ1) is 11.2. The van der Waals surface area contributed by atoms with Gasteiger partial charge in [-0.05, 0) is 37.1 Å². The molecule has 0 saturated heterocycles. The minimum atomic E-state index is -0.0981. The van der Waals surface area contributed by atoms with Gasteiger partial charge < -0.3 is 5.32 Å². The molecule has 18 heavy (non-hydrogen) atoms. The first-order chi connectivity index (χ1) is 8.72. The van der Waals surface area contributed by atoms with Crippen LogP contribution in [0.15, 0.2) is 23.6 Å². The molecule has 0 radical (unpaired) electrons. The lowest BCUT2D eigenvalue weighted by Crippen LogP contribution is -2.11. The van der Waals surface area contributed by atoms with E-state index in [-0.39, 0.29) is 5.91 Å². The van der Waals surface area contributed by atoms with Crippen molar-refractivity contribution in [3.05, 3.63) is 40.4 Å². The van der Waals surface area contributed by atoms with Gasteiger partial charge in [0.25, 0.3) is 5.91 Å². The highest BCUT2D eigenvalue weighted by molar-refractivity contribution is 7.13. The van der Waals surface area contributed by atoms with Gasteiger partial charge in [0.2, 0.25) is 0 Å². The van der Waals surface area contributed by atoms with E-state index in [0.717, 1.165) is 24.3 Å². The van der Waals surface area contributed by atoms with Crippen LogP contribution in [0.2, 0.25) is 0 Å². The molecular formula is C13H13N3OS. The third-order valence-corrected chi connectivity index (χ3v) is 3.79. The molecule has 0 bridgehead atoms. The van der Waals surface area contributed by atoms with Gasteiger partial charge in [-0.1, -0.05) is 0 Å². The van der Waals surface area contributed by atoms with Crippen LogP contribution in [-0.4, -0.2) is 17.4 Å². The summed E-state index contributed by atoms with van der Waals surface area (Å²) in [5.41, 5.74) is 3.95. The number of amides is 1. The summed E-state index contributed by atoms with van der Waals surface area (Å²) in [7, 11) is 0. The minimum Gasteiger partial charge on any atom is -0.384 e. The number of carbonyl (C=O) groups is 1. The largest absolute Gasteiger partial charge is 0.384 e. The third-order valence-electron chi connectivity index (χ3n) is 2.92.